The van der Waals surface area contributed by atoms with Crippen LogP contribution in [0.15, 0.2) is 66.3 Å². The van der Waals surface area contributed by atoms with Crippen molar-refractivity contribution in [1.29, 1.82) is 0 Å². The Morgan fingerprint density at radius 1 is 1.14 bits per heavy atom. The Kier molecular flexibility index (Phi) is 7.92. The summed E-state index contributed by atoms with van der Waals surface area (Å²) in [5.41, 5.74) is 0.589. The van der Waals surface area contributed by atoms with Crippen LogP contribution in [0.1, 0.15) is 45.1 Å². The van der Waals surface area contributed by atoms with Crippen LogP contribution in [0.4, 0.5) is 0 Å². The van der Waals surface area contributed by atoms with Crippen LogP contribution in [0.5, 0.6) is 0 Å². The van der Waals surface area contributed by atoms with Gasteiger partial charge in [0.1, 0.15) is 0 Å². The molecule has 3 N–H and O–H groups in total. The molecule has 7 atom stereocenters. The lowest BCUT2D eigenvalue weighted by Gasteiger charge is -2.45. The number of aliphatic hydroxyl groups excluding tert-OH is 2. The van der Waals surface area contributed by atoms with Crippen LogP contribution in [0.3, 0.4) is 0 Å². The first-order valence-corrected chi connectivity index (χ1v) is 12.7. The quantitative estimate of drug-likeness (QED) is 0.456. The van der Waals surface area contributed by atoms with Crippen LogP contribution < -0.4 is 5.32 Å². The third-order valence-electron chi connectivity index (χ3n) is 7.85. The highest BCUT2D eigenvalue weighted by Gasteiger charge is 2.65. The van der Waals surface area contributed by atoms with Crippen molar-refractivity contribution in [1.82, 2.24) is 5.32 Å². The minimum atomic E-state index is -1.47. The maximum atomic E-state index is 13.7. The highest BCUT2D eigenvalue weighted by Crippen LogP contribution is 2.50. The summed E-state index contributed by atoms with van der Waals surface area (Å²) in [6, 6.07) is 9.59. The second kappa shape index (κ2) is 10.9. The van der Waals surface area contributed by atoms with Crippen LogP contribution in [0, 0.1) is 23.7 Å². The number of rotatable bonds is 3. The highest BCUT2D eigenvalue weighted by molar-refractivity contribution is 5.94. The Morgan fingerprint density at radius 3 is 2.66 bits per heavy atom. The Bertz CT molecular complexity index is 1000. The van der Waals surface area contributed by atoms with E-state index < -0.39 is 29.5 Å². The molecule has 2 heterocycles. The lowest BCUT2D eigenvalue weighted by Crippen LogP contribution is -2.57. The molecule has 3 aliphatic rings. The van der Waals surface area contributed by atoms with Crippen LogP contribution in [0.2, 0.25) is 0 Å². The summed E-state index contributed by atoms with van der Waals surface area (Å²) >= 11 is 0. The summed E-state index contributed by atoms with van der Waals surface area (Å²) in [6.07, 6.45) is 11.8. The minimum Gasteiger partial charge on any atom is -0.444 e. The third-order valence-corrected chi connectivity index (χ3v) is 7.85. The first kappa shape index (κ1) is 25.4. The molecule has 1 saturated heterocycles. The van der Waals surface area contributed by atoms with Gasteiger partial charge >= 0.3 is 5.97 Å². The van der Waals surface area contributed by atoms with Crippen molar-refractivity contribution < 1.29 is 24.5 Å². The van der Waals surface area contributed by atoms with E-state index in [9.17, 15) is 19.8 Å². The van der Waals surface area contributed by atoms with E-state index in [-0.39, 0.29) is 24.5 Å². The molecular formula is C29H37NO5. The molecular weight excluding hydrogens is 442 g/mol. The number of esters is 1. The molecule has 1 aromatic carbocycles. The molecule has 2 aliphatic heterocycles. The molecule has 4 rings (SSSR count). The fourth-order valence-corrected chi connectivity index (χ4v) is 6.01. The van der Waals surface area contributed by atoms with Crippen molar-refractivity contribution in [3.63, 3.8) is 0 Å². The zero-order valence-corrected chi connectivity index (χ0v) is 20.6. The first-order valence-electron chi connectivity index (χ1n) is 12.7. The van der Waals surface area contributed by atoms with E-state index >= 15 is 0 Å². The van der Waals surface area contributed by atoms with Gasteiger partial charge in [-0.2, -0.15) is 0 Å². The van der Waals surface area contributed by atoms with Gasteiger partial charge < -0.3 is 20.3 Å². The van der Waals surface area contributed by atoms with E-state index in [1.165, 1.54) is 12.2 Å². The van der Waals surface area contributed by atoms with Crippen LogP contribution in [-0.4, -0.2) is 46.4 Å². The second-order valence-electron chi connectivity index (χ2n) is 10.4. The zero-order valence-electron chi connectivity index (χ0n) is 20.6. The number of nitrogens with one attached hydrogen (secondary N) is 1. The van der Waals surface area contributed by atoms with Gasteiger partial charge in [0.05, 0.1) is 12.7 Å². The Hall–Kier alpha value is -2.70. The molecule has 0 unspecified atom stereocenters. The fraction of sp³-hybridized carbons (Fsp3) is 0.517. The van der Waals surface area contributed by atoms with Crippen LogP contribution in [-0.2, 0) is 20.7 Å². The topological polar surface area (TPSA) is 95.9 Å². The fourth-order valence-electron chi connectivity index (χ4n) is 6.01. The number of hydrogen-bond acceptors (Lipinski definition) is 5. The van der Waals surface area contributed by atoms with Gasteiger partial charge in [-0.3, -0.25) is 4.79 Å². The van der Waals surface area contributed by atoms with Gasteiger partial charge in [0.25, 0.3) is 5.91 Å². The molecule has 6 nitrogen and oxygen atoms in total. The molecule has 1 aromatic rings. The second-order valence-corrected chi connectivity index (χ2v) is 10.4. The standard InChI is InChI=1S/C29H37NO5/c1-19-8-6-12-22-16-20(2)24(18-31)27-25(17-21-10-4-3-5-11-21)30-28(34)29(22,27)35-26(33)15-14-23(32)13-7-9-19/h3-6,10-12,14-16,19,22-25,27,31-32H,7-9,13,17-18H2,1-2H3,(H,30,34)/b12-6+,15-14+/t19-,22-,23+,24+,25-,27-,29+/m0/s1. The van der Waals surface area contributed by atoms with E-state index in [0.717, 1.165) is 30.4 Å². The molecule has 0 aromatic heterocycles. The molecule has 188 valence electrons. The maximum absolute atomic E-state index is 13.7. The lowest BCUT2D eigenvalue weighted by molar-refractivity contribution is -0.173. The van der Waals surface area contributed by atoms with E-state index in [2.05, 4.69) is 18.3 Å². The van der Waals surface area contributed by atoms with Crippen molar-refractivity contribution >= 4 is 11.9 Å². The van der Waals surface area contributed by atoms with E-state index in [4.69, 9.17) is 4.74 Å². The van der Waals surface area contributed by atoms with Gasteiger partial charge in [0.15, 0.2) is 0 Å². The maximum Gasteiger partial charge on any atom is 0.331 e. The molecule has 0 saturated carbocycles. The number of ether oxygens (including phenoxy) is 1. The molecule has 1 fully saturated rings. The summed E-state index contributed by atoms with van der Waals surface area (Å²) in [4.78, 5) is 26.8. The third kappa shape index (κ3) is 5.29. The Morgan fingerprint density at radius 2 is 1.91 bits per heavy atom. The predicted molar refractivity (Wildman–Crippen MR) is 134 cm³/mol. The van der Waals surface area contributed by atoms with Gasteiger partial charge in [0, 0.05) is 29.9 Å². The van der Waals surface area contributed by atoms with Crippen molar-refractivity contribution in [2.75, 3.05) is 6.61 Å². The molecule has 0 bridgehead atoms. The van der Waals surface area contributed by atoms with Crippen molar-refractivity contribution in [3.8, 4) is 0 Å². The van der Waals surface area contributed by atoms with E-state index in [1.807, 2.05) is 49.4 Å². The zero-order chi connectivity index (χ0) is 25.0. The summed E-state index contributed by atoms with van der Waals surface area (Å²) in [7, 11) is 0. The SMILES string of the molecule is CC1=C[C@@H]2/C=C/C[C@H](C)CCC[C@@H](O)/C=C/C(=O)O[C@]23C(=O)N[C@@H](Cc2ccccc2)[C@@H]3[C@@H]1CO. The largest absolute Gasteiger partial charge is 0.444 e. The first-order chi connectivity index (χ1) is 16.8. The number of carbonyl (C=O) groups is 2. The van der Waals surface area contributed by atoms with Crippen molar-refractivity contribution in [2.24, 2.45) is 23.7 Å². The highest BCUT2D eigenvalue weighted by atomic mass is 16.6. The normalized spacial score (nSPS) is 37.7. The predicted octanol–water partition coefficient (Wildman–Crippen LogP) is 3.49. The van der Waals surface area contributed by atoms with Gasteiger partial charge in [-0.15, -0.1) is 0 Å². The monoisotopic (exact) mass is 479 g/mol. The Balaban J connectivity index is 1.78. The average molecular weight is 480 g/mol. The lowest BCUT2D eigenvalue weighted by atomic mass is 9.63. The number of carbonyl (C=O) groups excluding carboxylic acids is 2. The summed E-state index contributed by atoms with van der Waals surface area (Å²) in [6.45, 7) is 4.01. The van der Waals surface area contributed by atoms with E-state index in [1.54, 1.807) is 0 Å². The molecule has 1 aliphatic carbocycles. The summed E-state index contributed by atoms with van der Waals surface area (Å²) in [5.74, 6) is -1.77. The van der Waals surface area contributed by atoms with Crippen molar-refractivity contribution in [2.45, 2.75) is 63.7 Å². The van der Waals surface area contributed by atoms with Crippen LogP contribution in [0.25, 0.3) is 0 Å². The molecule has 0 radical (unpaired) electrons. The number of allylic oxidation sites excluding steroid dienone is 1. The Labute approximate surface area is 207 Å². The number of hydrogen-bond donors (Lipinski definition) is 3. The minimum absolute atomic E-state index is 0.144. The van der Waals surface area contributed by atoms with Crippen molar-refractivity contribution in [3.05, 3.63) is 71.8 Å². The molecule has 1 spiro atoms. The van der Waals surface area contributed by atoms with Gasteiger partial charge in [-0.05, 0) is 43.7 Å². The number of benzene rings is 1. The van der Waals surface area contributed by atoms with Gasteiger partial charge in [0.2, 0.25) is 5.60 Å². The summed E-state index contributed by atoms with van der Waals surface area (Å²) < 4.78 is 6.09. The van der Waals surface area contributed by atoms with E-state index in [0.29, 0.717) is 18.8 Å². The number of amides is 1. The molecule has 35 heavy (non-hydrogen) atoms. The molecule has 1 amide bonds. The molecule has 6 heteroatoms. The smallest absolute Gasteiger partial charge is 0.331 e. The summed E-state index contributed by atoms with van der Waals surface area (Å²) in [5, 5.41) is 23.8. The van der Waals surface area contributed by atoms with Gasteiger partial charge in [-0.25, -0.2) is 4.79 Å². The van der Waals surface area contributed by atoms with Crippen LogP contribution >= 0.6 is 0 Å². The number of aliphatic hydroxyl groups is 2. The van der Waals surface area contributed by atoms with Gasteiger partial charge in [-0.1, -0.05) is 73.9 Å². The average Bonchev–Trinajstić information content (AvgIpc) is 3.09.